The molecule has 0 amide bonds. The third-order valence-electron chi connectivity index (χ3n) is 10.2. The lowest BCUT2D eigenvalue weighted by Gasteiger charge is -2.58. The predicted octanol–water partition coefficient (Wildman–Crippen LogP) is 8.85. The van der Waals surface area contributed by atoms with E-state index < -0.39 is 0 Å². The molecule has 0 spiro atoms. The molecule has 0 aromatic carbocycles. The summed E-state index contributed by atoms with van der Waals surface area (Å²) in [6.45, 7) is 10.1. The highest BCUT2D eigenvalue weighted by molar-refractivity contribution is 6.54. The first-order chi connectivity index (χ1) is 14.8. The molecule has 7 unspecified atom stereocenters. The Morgan fingerprint density at radius 3 is 2.50 bits per heavy atom. The second-order valence-electron chi connectivity index (χ2n) is 11.9. The Balaban J connectivity index is 0.000000860. The summed E-state index contributed by atoms with van der Waals surface area (Å²) in [7, 11) is 1.91. The number of carbonyl (C=O) groups is 1. The second kappa shape index (κ2) is 11.9. The third-order valence-corrected chi connectivity index (χ3v) is 10.2. The highest BCUT2D eigenvalue weighted by Gasteiger charge is 2.58. The molecule has 0 N–H and O–H groups in total. The maximum Gasteiger partial charge on any atom is 0.208 e. The molecule has 0 aromatic rings. The number of hydrogen-bond donors (Lipinski definition) is 0. The molecule has 4 rings (SSSR count). The number of halogens is 1. The lowest BCUT2D eigenvalue weighted by molar-refractivity contribution is -0.0542. The Morgan fingerprint density at radius 1 is 1.12 bits per heavy atom. The molecular weight excluding hydrogens is 416 g/mol. The zero-order valence-electron chi connectivity index (χ0n) is 20.8. The Kier molecular flexibility index (Phi) is 10.4. The van der Waals surface area contributed by atoms with Crippen molar-refractivity contribution in [2.75, 3.05) is 7.11 Å². The topological polar surface area (TPSA) is 26.3 Å². The van der Waals surface area contributed by atoms with Crippen molar-refractivity contribution in [3.05, 3.63) is 11.6 Å². The van der Waals surface area contributed by atoms with Gasteiger partial charge in [0.05, 0.1) is 6.10 Å². The monoisotopic (exact) mass is 466 g/mol. The van der Waals surface area contributed by atoms with Gasteiger partial charge in [0.1, 0.15) is 0 Å². The van der Waals surface area contributed by atoms with E-state index in [4.69, 9.17) is 9.53 Å². The summed E-state index contributed by atoms with van der Waals surface area (Å²) >= 11 is 4.32. The molecule has 4 aliphatic carbocycles. The van der Waals surface area contributed by atoms with Gasteiger partial charge >= 0.3 is 0 Å². The second-order valence-corrected chi connectivity index (χ2v) is 12.1. The maximum atomic E-state index is 8.57. The zero-order valence-corrected chi connectivity index (χ0v) is 21.6. The number of ether oxygens (including phenoxy) is 1. The van der Waals surface area contributed by atoms with Crippen LogP contribution in [0.25, 0.3) is 0 Å². The number of hydrogen-bond acceptors (Lipinski definition) is 2. The van der Waals surface area contributed by atoms with Gasteiger partial charge in [-0.2, -0.15) is 0 Å². The molecule has 0 saturated heterocycles. The Morgan fingerprint density at radius 2 is 1.84 bits per heavy atom. The SMILES string of the molecule is C.COC1CCC2(C)C(=CCC3C2CCC2(C)C(CCCCC(C)C)CCC32)C1.O=CCl. The van der Waals surface area contributed by atoms with E-state index in [0.29, 0.717) is 16.9 Å². The fourth-order valence-electron chi connectivity index (χ4n) is 8.36. The molecule has 3 fully saturated rings. The molecule has 0 bridgehead atoms. The summed E-state index contributed by atoms with van der Waals surface area (Å²) in [6, 6.07) is 0. The minimum absolute atomic E-state index is 0. The molecule has 4 aliphatic rings. The van der Waals surface area contributed by atoms with Crippen molar-refractivity contribution in [3.8, 4) is 0 Å². The molecule has 7 atom stereocenters. The van der Waals surface area contributed by atoms with Gasteiger partial charge in [-0.15, -0.1) is 0 Å². The number of carbonyl (C=O) groups excluding carboxylic acids is 1. The number of allylic oxidation sites excluding steroid dienone is 1. The molecule has 32 heavy (non-hydrogen) atoms. The number of unbranched alkanes of at least 4 members (excludes halogenated alkanes) is 1. The fraction of sp³-hybridized carbons (Fsp3) is 0.897. The number of fused-ring (bicyclic) bond motifs is 5. The van der Waals surface area contributed by atoms with Gasteiger partial charge < -0.3 is 4.74 Å². The summed E-state index contributed by atoms with van der Waals surface area (Å²) in [4.78, 5) is 8.57. The molecule has 0 heterocycles. The lowest BCUT2D eigenvalue weighted by atomic mass is 9.47. The first-order valence-corrected chi connectivity index (χ1v) is 13.5. The number of methoxy groups -OCH3 is 1. The van der Waals surface area contributed by atoms with Crippen LogP contribution in [-0.2, 0) is 9.53 Å². The Bertz CT molecular complexity index is 629. The Labute approximate surface area is 204 Å². The van der Waals surface area contributed by atoms with Crippen LogP contribution >= 0.6 is 11.6 Å². The van der Waals surface area contributed by atoms with E-state index in [1.807, 2.05) is 7.11 Å². The molecule has 0 aliphatic heterocycles. The van der Waals surface area contributed by atoms with E-state index >= 15 is 0 Å². The van der Waals surface area contributed by atoms with Crippen LogP contribution in [0.2, 0.25) is 0 Å². The van der Waals surface area contributed by atoms with Crippen LogP contribution < -0.4 is 0 Å². The molecule has 0 aromatic heterocycles. The average molecular weight is 467 g/mol. The maximum absolute atomic E-state index is 8.57. The molecule has 0 radical (unpaired) electrons. The van der Waals surface area contributed by atoms with Gasteiger partial charge in [0.25, 0.3) is 0 Å². The van der Waals surface area contributed by atoms with E-state index in [-0.39, 0.29) is 13.2 Å². The standard InChI is InChI=1S/C27H46O.CHClO.CH4/c1-19(2)8-6-7-9-20-11-13-24-23-12-10-21-18-22(28-5)14-16-27(21,4)25(23)15-17-26(20,24)3;2-1-3;/h10,19-20,22-25H,6-9,11-18H2,1-5H3;1H;1H4. The third kappa shape index (κ3) is 5.48. The molecule has 3 saturated carbocycles. The fourth-order valence-corrected chi connectivity index (χ4v) is 8.36. The van der Waals surface area contributed by atoms with E-state index in [0.717, 1.165) is 29.6 Å². The van der Waals surface area contributed by atoms with Crippen LogP contribution in [-0.4, -0.2) is 19.0 Å². The largest absolute Gasteiger partial charge is 0.381 e. The first-order valence-electron chi connectivity index (χ1n) is 13.1. The molecular formula is C29H51ClO2. The van der Waals surface area contributed by atoms with Gasteiger partial charge in [0, 0.05) is 7.11 Å². The average Bonchev–Trinajstić information content (AvgIpc) is 3.07. The highest BCUT2D eigenvalue weighted by atomic mass is 35.5. The minimum Gasteiger partial charge on any atom is -0.381 e. The van der Waals surface area contributed by atoms with Crippen molar-refractivity contribution in [1.82, 2.24) is 0 Å². The van der Waals surface area contributed by atoms with Gasteiger partial charge in [-0.1, -0.05) is 66.0 Å². The van der Waals surface area contributed by atoms with Crippen molar-refractivity contribution in [2.24, 2.45) is 40.4 Å². The van der Waals surface area contributed by atoms with Crippen LogP contribution in [0.1, 0.15) is 112 Å². The van der Waals surface area contributed by atoms with Gasteiger partial charge in [-0.3, -0.25) is 4.79 Å². The summed E-state index contributed by atoms with van der Waals surface area (Å²) < 4.78 is 5.74. The minimum atomic E-state index is 0. The highest BCUT2D eigenvalue weighted by Crippen LogP contribution is 2.66. The van der Waals surface area contributed by atoms with Gasteiger partial charge in [0.2, 0.25) is 5.75 Å². The van der Waals surface area contributed by atoms with E-state index in [9.17, 15) is 0 Å². The van der Waals surface area contributed by atoms with E-state index in [2.05, 4.69) is 45.4 Å². The predicted molar refractivity (Wildman–Crippen MR) is 139 cm³/mol. The van der Waals surface area contributed by atoms with Crippen molar-refractivity contribution in [3.63, 3.8) is 0 Å². The van der Waals surface area contributed by atoms with Gasteiger partial charge in [-0.25, -0.2) is 0 Å². The summed E-state index contributed by atoms with van der Waals surface area (Å²) in [5, 5.41) is 0. The van der Waals surface area contributed by atoms with Crippen molar-refractivity contribution in [1.29, 1.82) is 0 Å². The van der Waals surface area contributed by atoms with Crippen molar-refractivity contribution < 1.29 is 9.53 Å². The van der Waals surface area contributed by atoms with Crippen LogP contribution in [0.4, 0.5) is 0 Å². The molecule has 186 valence electrons. The zero-order chi connectivity index (χ0) is 22.6. The Hall–Kier alpha value is -0.340. The van der Waals surface area contributed by atoms with Crippen LogP contribution in [0, 0.1) is 40.4 Å². The van der Waals surface area contributed by atoms with E-state index in [1.54, 1.807) is 5.57 Å². The quantitative estimate of drug-likeness (QED) is 0.169. The van der Waals surface area contributed by atoms with Gasteiger partial charge in [0.15, 0.2) is 0 Å². The van der Waals surface area contributed by atoms with Crippen molar-refractivity contribution >= 4 is 17.3 Å². The van der Waals surface area contributed by atoms with Crippen molar-refractivity contribution in [2.45, 2.75) is 118 Å². The van der Waals surface area contributed by atoms with Crippen LogP contribution in [0.3, 0.4) is 0 Å². The number of rotatable bonds is 6. The summed E-state index contributed by atoms with van der Waals surface area (Å²) in [5.41, 5.74) is 2.89. The first kappa shape index (κ1) is 27.9. The van der Waals surface area contributed by atoms with Gasteiger partial charge in [-0.05, 0) is 110 Å². The summed E-state index contributed by atoms with van der Waals surface area (Å²) in [5.74, 6) is 5.01. The smallest absolute Gasteiger partial charge is 0.208 e. The normalized spacial score (nSPS) is 40.1. The lowest BCUT2D eigenvalue weighted by Crippen LogP contribution is -2.50. The van der Waals surface area contributed by atoms with Crippen LogP contribution in [0.15, 0.2) is 11.6 Å². The van der Waals surface area contributed by atoms with E-state index in [1.165, 1.54) is 77.0 Å². The van der Waals surface area contributed by atoms with Crippen LogP contribution in [0.5, 0.6) is 0 Å². The molecule has 3 heteroatoms. The molecule has 2 nitrogen and oxygen atoms in total. The summed E-state index contributed by atoms with van der Waals surface area (Å²) in [6.07, 6.45) is 20.3.